The normalized spacial score (nSPS) is 10.2. The van der Waals surface area contributed by atoms with Gasteiger partial charge in [0.05, 0.1) is 6.26 Å². The van der Waals surface area contributed by atoms with Crippen LogP contribution in [0.15, 0.2) is 47.1 Å². The van der Waals surface area contributed by atoms with Crippen molar-refractivity contribution in [1.82, 2.24) is 4.90 Å². The summed E-state index contributed by atoms with van der Waals surface area (Å²) in [5.41, 5.74) is 1.97. The Bertz CT molecular complexity index is 502. The van der Waals surface area contributed by atoms with E-state index in [4.69, 9.17) is 4.42 Å². The zero-order valence-corrected chi connectivity index (χ0v) is 10.0. The van der Waals surface area contributed by atoms with Crippen molar-refractivity contribution >= 4 is 5.91 Å². The van der Waals surface area contributed by atoms with Crippen LogP contribution in [0.5, 0.6) is 0 Å². The van der Waals surface area contributed by atoms with Crippen LogP contribution in [0.2, 0.25) is 0 Å². The van der Waals surface area contributed by atoms with Crippen molar-refractivity contribution in [3.8, 4) is 0 Å². The molecule has 0 spiro atoms. The average molecular weight is 229 g/mol. The number of nitrogens with zero attached hydrogens (tertiary/aromatic N) is 1. The highest BCUT2D eigenvalue weighted by Gasteiger charge is 2.17. The lowest BCUT2D eigenvalue weighted by molar-refractivity contribution is 0.0752. The third-order valence-electron chi connectivity index (χ3n) is 2.67. The van der Waals surface area contributed by atoms with Crippen LogP contribution in [0, 0.1) is 6.92 Å². The standard InChI is InChI=1S/C14H15NO2/c1-11-8-9-17-13(11)14(16)15(2)10-12-6-4-3-5-7-12/h3-9H,10H2,1-2H3. The van der Waals surface area contributed by atoms with E-state index in [-0.39, 0.29) is 5.91 Å². The lowest BCUT2D eigenvalue weighted by atomic mass is 10.2. The molecule has 1 aromatic heterocycles. The van der Waals surface area contributed by atoms with Gasteiger partial charge in [0.2, 0.25) is 0 Å². The van der Waals surface area contributed by atoms with Gasteiger partial charge in [-0.2, -0.15) is 0 Å². The molecule has 1 amide bonds. The molecule has 0 bridgehead atoms. The maximum Gasteiger partial charge on any atom is 0.289 e. The third kappa shape index (κ3) is 2.56. The molecule has 17 heavy (non-hydrogen) atoms. The van der Waals surface area contributed by atoms with E-state index in [1.165, 1.54) is 0 Å². The van der Waals surface area contributed by atoms with E-state index in [2.05, 4.69) is 0 Å². The molecule has 0 saturated heterocycles. The van der Waals surface area contributed by atoms with Gasteiger partial charge in [0.15, 0.2) is 5.76 Å². The van der Waals surface area contributed by atoms with Crippen LogP contribution < -0.4 is 0 Å². The van der Waals surface area contributed by atoms with Crippen LogP contribution in [0.4, 0.5) is 0 Å². The smallest absolute Gasteiger partial charge is 0.289 e. The second-order valence-corrected chi connectivity index (χ2v) is 4.08. The fraction of sp³-hybridized carbons (Fsp3) is 0.214. The van der Waals surface area contributed by atoms with Crippen LogP contribution in [0.3, 0.4) is 0 Å². The van der Waals surface area contributed by atoms with Crippen molar-refractivity contribution < 1.29 is 9.21 Å². The number of carbonyl (C=O) groups excluding carboxylic acids is 1. The molecule has 0 atom stereocenters. The Balaban J connectivity index is 2.09. The largest absolute Gasteiger partial charge is 0.459 e. The van der Waals surface area contributed by atoms with Crippen molar-refractivity contribution in [3.05, 3.63) is 59.5 Å². The summed E-state index contributed by atoms with van der Waals surface area (Å²) in [5.74, 6) is 0.333. The van der Waals surface area contributed by atoms with Crippen LogP contribution in [-0.4, -0.2) is 17.9 Å². The number of aryl methyl sites for hydroxylation is 1. The van der Waals surface area contributed by atoms with E-state index < -0.39 is 0 Å². The number of hydrogen-bond donors (Lipinski definition) is 0. The van der Waals surface area contributed by atoms with Gasteiger partial charge in [-0.15, -0.1) is 0 Å². The summed E-state index contributed by atoms with van der Waals surface area (Å²) in [6.07, 6.45) is 1.54. The molecular formula is C14H15NO2. The third-order valence-corrected chi connectivity index (χ3v) is 2.67. The van der Waals surface area contributed by atoms with Crippen molar-refractivity contribution in [1.29, 1.82) is 0 Å². The second-order valence-electron chi connectivity index (χ2n) is 4.08. The summed E-state index contributed by atoms with van der Waals surface area (Å²) in [6.45, 7) is 2.45. The van der Waals surface area contributed by atoms with Crippen LogP contribution in [-0.2, 0) is 6.54 Å². The van der Waals surface area contributed by atoms with E-state index in [9.17, 15) is 4.79 Å². The second kappa shape index (κ2) is 4.87. The molecule has 88 valence electrons. The molecule has 1 heterocycles. The van der Waals surface area contributed by atoms with Crippen molar-refractivity contribution in [2.75, 3.05) is 7.05 Å². The van der Waals surface area contributed by atoms with Gasteiger partial charge in [0.25, 0.3) is 5.91 Å². The maximum atomic E-state index is 12.1. The number of benzene rings is 1. The van der Waals surface area contributed by atoms with Gasteiger partial charge in [-0.3, -0.25) is 4.79 Å². The maximum absolute atomic E-state index is 12.1. The molecule has 0 aliphatic rings. The summed E-state index contributed by atoms with van der Waals surface area (Å²) in [5, 5.41) is 0. The lowest BCUT2D eigenvalue weighted by Crippen LogP contribution is -2.26. The minimum atomic E-state index is -0.0867. The predicted octanol–water partition coefficient (Wildman–Crippen LogP) is 2.86. The van der Waals surface area contributed by atoms with E-state index in [0.717, 1.165) is 11.1 Å². The van der Waals surface area contributed by atoms with Crippen LogP contribution in [0.25, 0.3) is 0 Å². The summed E-state index contributed by atoms with van der Waals surface area (Å²) in [4.78, 5) is 13.7. The van der Waals surface area contributed by atoms with Gasteiger partial charge in [-0.25, -0.2) is 0 Å². The molecule has 0 fully saturated rings. The Morgan fingerprint density at radius 1 is 1.24 bits per heavy atom. The van der Waals surface area contributed by atoms with Crippen molar-refractivity contribution in [3.63, 3.8) is 0 Å². The van der Waals surface area contributed by atoms with Gasteiger partial charge in [0, 0.05) is 19.2 Å². The van der Waals surface area contributed by atoms with Crippen molar-refractivity contribution in [2.45, 2.75) is 13.5 Å². The van der Waals surface area contributed by atoms with Gasteiger partial charge >= 0.3 is 0 Å². The molecule has 3 nitrogen and oxygen atoms in total. The molecule has 0 N–H and O–H groups in total. The fourth-order valence-electron chi connectivity index (χ4n) is 1.69. The number of furan rings is 1. The molecule has 0 saturated carbocycles. The zero-order valence-electron chi connectivity index (χ0n) is 10.0. The Morgan fingerprint density at radius 3 is 2.53 bits per heavy atom. The van der Waals surface area contributed by atoms with E-state index in [0.29, 0.717) is 12.3 Å². The number of hydrogen-bond acceptors (Lipinski definition) is 2. The Morgan fingerprint density at radius 2 is 1.94 bits per heavy atom. The first kappa shape index (κ1) is 11.5. The van der Waals surface area contributed by atoms with Gasteiger partial charge in [-0.05, 0) is 18.6 Å². The summed E-state index contributed by atoms with van der Waals surface area (Å²) >= 11 is 0. The molecule has 2 rings (SSSR count). The van der Waals surface area contributed by atoms with Gasteiger partial charge in [-0.1, -0.05) is 30.3 Å². The summed E-state index contributed by atoms with van der Waals surface area (Å²) in [6, 6.07) is 11.7. The summed E-state index contributed by atoms with van der Waals surface area (Å²) in [7, 11) is 1.78. The monoisotopic (exact) mass is 229 g/mol. The SMILES string of the molecule is Cc1ccoc1C(=O)N(C)Cc1ccccc1. The Labute approximate surface area is 101 Å². The Kier molecular flexibility index (Phi) is 3.28. The molecule has 0 unspecified atom stereocenters. The molecule has 1 aromatic carbocycles. The number of amides is 1. The first-order chi connectivity index (χ1) is 8.18. The molecule has 0 aliphatic carbocycles. The molecule has 0 radical (unpaired) electrons. The molecular weight excluding hydrogens is 214 g/mol. The van der Waals surface area contributed by atoms with E-state index >= 15 is 0 Å². The van der Waals surface area contributed by atoms with Crippen LogP contribution in [0.1, 0.15) is 21.7 Å². The minimum absolute atomic E-state index is 0.0867. The zero-order chi connectivity index (χ0) is 12.3. The molecule has 0 aliphatic heterocycles. The Hall–Kier alpha value is -2.03. The number of rotatable bonds is 3. The highest BCUT2D eigenvalue weighted by atomic mass is 16.3. The van der Waals surface area contributed by atoms with Crippen molar-refractivity contribution in [2.24, 2.45) is 0 Å². The van der Waals surface area contributed by atoms with Crippen LogP contribution >= 0.6 is 0 Å². The quantitative estimate of drug-likeness (QED) is 0.810. The minimum Gasteiger partial charge on any atom is -0.459 e. The average Bonchev–Trinajstić information content (AvgIpc) is 2.76. The highest BCUT2D eigenvalue weighted by molar-refractivity contribution is 5.92. The van der Waals surface area contributed by atoms with E-state index in [1.807, 2.05) is 37.3 Å². The molecule has 3 heteroatoms. The lowest BCUT2D eigenvalue weighted by Gasteiger charge is -2.16. The summed E-state index contributed by atoms with van der Waals surface area (Å²) < 4.78 is 5.19. The highest BCUT2D eigenvalue weighted by Crippen LogP contribution is 2.13. The first-order valence-electron chi connectivity index (χ1n) is 5.52. The molecule has 2 aromatic rings. The van der Waals surface area contributed by atoms with Gasteiger partial charge < -0.3 is 9.32 Å². The number of carbonyl (C=O) groups is 1. The van der Waals surface area contributed by atoms with E-state index in [1.54, 1.807) is 24.3 Å². The fourth-order valence-corrected chi connectivity index (χ4v) is 1.69. The predicted molar refractivity (Wildman–Crippen MR) is 65.7 cm³/mol. The topological polar surface area (TPSA) is 33.5 Å². The first-order valence-corrected chi connectivity index (χ1v) is 5.52. The van der Waals surface area contributed by atoms with Gasteiger partial charge in [0.1, 0.15) is 0 Å².